The van der Waals surface area contributed by atoms with Gasteiger partial charge in [0.15, 0.2) is 17.1 Å². The lowest BCUT2D eigenvalue weighted by atomic mass is 9.87. The minimum atomic E-state index is -1.25. The Morgan fingerprint density at radius 3 is 2.50 bits per heavy atom. The van der Waals surface area contributed by atoms with Gasteiger partial charge in [-0.2, -0.15) is 4.99 Å². The highest BCUT2D eigenvalue weighted by Crippen LogP contribution is 2.43. The summed E-state index contributed by atoms with van der Waals surface area (Å²) in [7, 11) is 0. The van der Waals surface area contributed by atoms with Crippen molar-refractivity contribution in [3.8, 4) is 23.0 Å². The normalized spacial score (nSPS) is 19.5. The molecule has 0 aromatic heterocycles. The number of fused-ring (bicyclic) bond motifs is 1. The molecule has 0 bridgehead atoms. The minimum Gasteiger partial charge on any atom is -0.507 e. The molecule has 0 saturated heterocycles. The van der Waals surface area contributed by atoms with Crippen molar-refractivity contribution in [2.75, 3.05) is 0 Å². The standard InChI is InChI=1S/C23H27N3O6/c1-11-12(2)20-15(13(3)19(11)30)7-8-23(4,32-20)21(31)26-22(24)25-10-18(29)14-5-6-16(27)17(28)9-14/h5-6,9-10,18,27-30H,7-8H2,1-4H3,(H2,24,26,31). The highest BCUT2D eigenvalue weighted by molar-refractivity contribution is 5.99. The molecule has 32 heavy (non-hydrogen) atoms. The van der Waals surface area contributed by atoms with E-state index in [1.54, 1.807) is 13.8 Å². The Morgan fingerprint density at radius 2 is 1.84 bits per heavy atom. The van der Waals surface area contributed by atoms with Gasteiger partial charge in [0.25, 0.3) is 5.91 Å². The summed E-state index contributed by atoms with van der Waals surface area (Å²) in [6.45, 7) is 7.06. The number of aliphatic hydroxyl groups excluding tert-OH is 1. The third-order valence-corrected chi connectivity index (χ3v) is 5.88. The number of guanidine groups is 1. The van der Waals surface area contributed by atoms with Crippen LogP contribution in [0.25, 0.3) is 0 Å². The van der Waals surface area contributed by atoms with E-state index in [1.165, 1.54) is 18.2 Å². The van der Waals surface area contributed by atoms with Crippen LogP contribution in [-0.4, -0.2) is 44.1 Å². The van der Waals surface area contributed by atoms with E-state index in [4.69, 9.17) is 10.5 Å². The molecule has 9 heteroatoms. The lowest BCUT2D eigenvalue weighted by molar-refractivity contribution is -0.133. The molecule has 1 aliphatic rings. The molecule has 0 spiro atoms. The zero-order chi connectivity index (χ0) is 23.8. The summed E-state index contributed by atoms with van der Waals surface area (Å²) in [5.74, 6) is -0.873. The van der Waals surface area contributed by atoms with Crippen molar-refractivity contribution in [3.05, 3.63) is 46.0 Å². The van der Waals surface area contributed by atoms with Crippen molar-refractivity contribution in [3.63, 3.8) is 0 Å². The molecule has 3 rings (SSSR count). The summed E-state index contributed by atoms with van der Waals surface area (Å²) in [5.41, 5.74) is 7.83. The third kappa shape index (κ3) is 4.24. The minimum absolute atomic E-state index is 0.233. The van der Waals surface area contributed by atoms with Crippen LogP contribution in [0.15, 0.2) is 28.2 Å². The molecule has 0 aliphatic carbocycles. The second-order valence-corrected chi connectivity index (χ2v) is 8.11. The van der Waals surface area contributed by atoms with Crippen molar-refractivity contribution in [2.24, 2.45) is 15.7 Å². The molecule has 2 unspecified atom stereocenters. The lowest BCUT2D eigenvalue weighted by Gasteiger charge is -2.35. The van der Waals surface area contributed by atoms with Crippen LogP contribution in [0.1, 0.15) is 47.3 Å². The summed E-state index contributed by atoms with van der Waals surface area (Å²) < 4.78 is 6.07. The van der Waals surface area contributed by atoms with Crippen LogP contribution in [0.5, 0.6) is 23.0 Å². The predicted octanol–water partition coefficient (Wildman–Crippen LogP) is 2.46. The number of rotatable bonds is 3. The molecule has 9 nitrogen and oxygen atoms in total. The quantitative estimate of drug-likeness (QED) is 0.278. The topological polar surface area (TPSA) is 158 Å². The zero-order valence-electron chi connectivity index (χ0n) is 18.4. The first-order valence-corrected chi connectivity index (χ1v) is 10.1. The van der Waals surface area contributed by atoms with Crippen LogP contribution in [0, 0.1) is 20.8 Å². The number of hydrogen-bond acceptors (Lipinski definition) is 6. The van der Waals surface area contributed by atoms with E-state index < -0.39 is 17.6 Å². The maximum atomic E-state index is 12.8. The van der Waals surface area contributed by atoms with Gasteiger partial charge in [-0.15, -0.1) is 0 Å². The van der Waals surface area contributed by atoms with Gasteiger partial charge in [0, 0.05) is 18.2 Å². The zero-order valence-corrected chi connectivity index (χ0v) is 18.4. The van der Waals surface area contributed by atoms with E-state index in [1.807, 2.05) is 13.8 Å². The monoisotopic (exact) mass is 441 g/mol. The van der Waals surface area contributed by atoms with Crippen LogP contribution in [-0.2, 0) is 11.2 Å². The SMILES string of the molecule is Cc1c(C)c2c(c(C)c1O)CCC(C)(C(=O)N=C(N)N=CC(O)c1ccc(O)c(O)c1)O2. The van der Waals surface area contributed by atoms with Gasteiger partial charge < -0.3 is 30.9 Å². The Hall–Kier alpha value is -3.59. The van der Waals surface area contributed by atoms with Crippen LogP contribution < -0.4 is 10.5 Å². The Balaban J connectivity index is 1.78. The molecule has 1 heterocycles. The predicted molar refractivity (Wildman–Crippen MR) is 120 cm³/mol. The average Bonchev–Trinajstić information content (AvgIpc) is 2.76. The summed E-state index contributed by atoms with van der Waals surface area (Å²) in [5, 5.41) is 39.3. The number of amides is 1. The van der Waals surface area contributed by atoms with Crippen molar-refractivity contribution in [2.45, 2.75) is 52.2 Å². The second-order valence-electron chi connectivity index (χ2n) is 8.11. The van der Waals surface area contributed by atoms with Crippen LogP contribution >= 0.6 is 0 Å². The number of nitrogens with zero attached hydrogens (tertiary/aromatic N) is 2. The Kier molecular flexibility index (Phi) is 6.13. The number of carbonyl (C=O) groups excluding carboxylic acids is 1. The van der Waals surface area contributed by atoms with E-state index in [0.29, 0.717) is 24.2 Å². The first-order valence-electron chi connectivity index (χ1n) is 10.1. The van der Waals surface area contributed by atoms with E-state index in [0.717, 1.165) is 22.9 Å². The number of hydrogen-bond donors (Lipinski definition) is 5. The molecule has 2 atom stereocenters. The van der Waals surface area contributed by atoms with Gasteiger partial charge in [-0.3, -0.25) is 4.79 Å². The van der Waals surface area contributed by atoms with Gasteiger partial charge in [0.1, 0.15) is 17.6 Å². The molecule has 6 N–H and O–H groups in total. The van der Waals surface area contributed by atoms with Crippen molar-refractivity contribution in [1.82, 2.24) is 0 Å². The molecule has 2 aromatic rings. The van der Waals surface area contributed by atoms with E-state index in [2.05, 4.69) is 9.98 Å². The van der Waals surface area contributed by atoms with Gasteiger partial charge >= 0.3 is 0 Å². The number of phenols is 3. The molecular weight excluding hydrogens is 414 g/mol. The van der Waals surface area contributed by atoms with E-state index in [9.17, 15) is 25.2 Å². The highest BCUT2D eigenvalue weighted by atomic mass is 16.5. The van der Waals surface area contributed by atoms with E-state index in [-0.39, 0.29) is 28.8 Å². The lowest BCUT2D eigenvalue weighted by Crippen LogP contribution is -2.44. The number of phenolic OH excluding ortho intramolecular Hbond substituents is 3. The Morgan fingerprint density at radius 1 is 1.16 bits per heavy atom. The number of aliphatic hydroxyl groups is 1. The fourth-order valence-electron chi connectivity index (χ4n) is 3.61. The first kappa shape index (κ1) is 23.1. The maximum Gasteiger partial charge on any atom is 0.292 e. The molecule has 2 aromatic carbocycles. The molecule has 1 amide bonds. The van der Waals surface area contributed by atoms with Crippen LogP contribution in [0.3, 0.4) is 0 Å². The van der Waals surface area contributed by atoms with Crippen molar-refractivity contribution < 1.29 is 30.0 Å². The van der Waals surface area contributed by atoms with Gasteiger partial charge in [0.05, 0.1) is 0 Å². The van der Waals surface area contributed by atoms with Gasteiger partial charge in [-0.05, 0) is 68.5 Å². The number of nitrogens with two attached hydrogens (primary N) is 1. The highest BCUT2D eigenvalue weighted by Gasteiger charge is 2.41. The largest absolute Gasteiger partial charge is 0.507 e. The summed E-state index contributed by atoms with van der Waals surface area (Å²) in [6, 6.07) is 3.82. The smallest absolute Gasteiger partial charge is 0.292 e. The van der Waals surface area contributed by atoms with Crippen LogP contribution in [0.4, 0.5) is 0 Å². The van der Waals surface area contributed by atoms with Crippen molar-refractivity contribution >= 4 is 18.1 Å². The maximum absolute atomic E-state index is 12.8. The van der Waals surface area contributed by atoms with Crippen LogP contribution in [0.2, 0.25) is 0 Å². The fraction of sp³-hybridized carbons (Fsp3) is 0.348. The molecule has 0 saturated carbocycles. The summed E-state index contributed by atoms with van der Waals surface area (Å²) >= 11 is 0. The number of aliphatic imine (C=N–C) groups is 2. The molecule has 170 valence electrons. The van der Waals surface area contributed by atoms with Gasteiger partial charge in [-0.1, -0.05) is 6.07 Å². The summed E-state index contributed by atoms with van der Waals surface area (Å²) in [6.07, 6.45) is 0.703. The van der Waals surface area contributed by atoms with Gasteiger partial charge in [0.2, 0.25) is 5.96 Å². The molecule has 0 radical (unpaired) electrons. The first-order chi connectivity index (χ1) is 14.9. The molecule has 1 aliphatic heterocycles. The number of carbonyl (C=O) groups is 1. The third-order valence-electron chi connectivity index (χ3n) is 5.88. The van der Waals surface area contributed by atoms with Crippen molar-refractivity contribution in [1.29, 1.82) is 0 Å². The Labute approximate surface area is 185 Å². The summed E-state index contributed by atoms with van der Waals surface area (Å²) in [4.78, 5) is 20.5. The second kappa shape index (κ2) is 8.51. The van der Waals surface area contributed by atoms with E-state index >= 15 is 0 Å². The number of ether oxygens (including phenoxy) is 1. The molecular formula is C23H27N3O6. The Bertz CT molecular complexity index is 1140. The number of benzene rings is 2. The molecule has 0 fully saturated rings. The van der Waals surface area contributed by atoms with Gasteiger partial charge in [-0.25, -0.2) is 4.99 Å². The number of aromatic hydroxyl groups is 3. The fourth-order valence-corrected chi connectivity index (χ4v) is 3.61. The average molecular weight is 441 g/mol.